The molecule has 6 heteroatoms. The molecule has 2 unspecified atom stereocenters. The van der Waals surface area contributed by atoms with Crippen LogP contribution in [0.25, 0.3) is 0 Å². The van der Waals surface area contributed by atoms with Crippen molar-refractivity contribution in [3.63, 3.8) is 0 Å². The van der Waals surface area contributed by atoms with E-state index in [0.29, 0.717) is 19.3 Å². The molecule has 4 rings (SSSR count). The minimum Gasteiger partial charge on any atom is -0.171 e. The lowest BCUT2D eigenvalue weighted by Crippen LogP contribution is -2.58. The summed E-state index contributed by atoms with van der Waals surface area (Å²) in [6.45, 7) is 0. The fraction of sp³-hybridized carbons (Fsp3) is 1.00. The van der Waals surface area contributed by atoms with Crippen LogP contribution in [0.3, 0.4) is 0 Å². The maximum absolute atomic E-state index is 13.3. The molecule has 0 heterocycles. The maximum atomic E-state index is 13.3. The fourth-order valence-corrected chi connectivity index (χ4v) is 5.42. The molecule has 4 fully saturated rings. The SMILES string of the molecule is FC(F)(F)CC12CC3CC(C1)CC(C(F)(F)F)(C3)C2. The van der Waals surface area contributed by atoms with E-state index in [2.05, 4.69) is 0 Å². The molecule has 19 heavy (non-hydrogen) atoms. The molecular weight excluding hydrogens is 270 g/mol. The minimum atomic E-state index is -4.36. The van der Waals surface area contributed by atoms with E-state index in [-0.39, 0.29) is 31.1 Å². The summed E-state index contributed by atoms with van der Waals surface area (Å²) in [6, 6.07) is 0. The van der Waals surface area contributed by atoms with Gasteiger partial charge in [-0.25, -0.2) is 0 Å². The van der Waals surface area contributed by atoms with Gasteiger partial charge in [-0.05, 0) is 55.8 Å². The highest BCUT2D eigenvalue weighted by atomic mass is 19.4. The van der Waals surface area contributed by atoms with E-state index < -0.39 is 29.6 Å². The first-order chi connectivity index (χ1) is 8.53. The van der Waals surface area contributed by atoms with Gasteiger partial charge in [0, 0.05) is 6.42 Å². The van der Waals surface area contributed by atoms with Crippen molar-refractivity contribution in [3.05, 3.63) is 0 Å². The zero-order chi connectivity index (χ0) is 14.1. The van der Waals surface area contributed by atoms with Gasteiger partial charge >= 0.3 is 12.4 Å². The normalized spacial score (nSPS) is 45.8. The van der Waals surface area contributed by atoms with Crippen LogP contribution in [0.4, 0.5) is 26.3 Å². The Kier molecular flexibility index (Phi) is 2.58. The predicted molar refractivity (Wildman–Crippen MR) is 56.3 cm³/mol. The van der Waals surface area contributed by atoms with E-state index in [9.17, 15) is 26.3 Å². The molecule has 0 nitrogen and oxygen atoms in total. The van der Waals surface area contributed by atoms with Crippen molar-refractivity contribution >= 4 is 0 Å². The van der Waals surface area contributed by atoms with Crippen LogP contribution in [0, 0.1) is 22.7 Å². The van der Waals surface area contributed by atoms with Gasteiger partial charge in [0.15, 0.2) is 0 Å². The van der Waals surface area contributed by atoms with Crippen LogP contribution in [0.1, 0.15) is 44.9 Å². The average molecular weight is 286 g/mol. The Morgan fingerprint density at radius 2 is 1.37 bits per heavy atom. The fourth-order valence-electron chi connectivity index (χ4n) is 5.42. The summed E-state index contributed by atoms with van der Waals surface area (Å²) in [5.74, 6) is -0.324. The predicted octanol–water partition coefficient (Wildman–Crippen LogP) is 5.09. The molecule has 0 aliphatic heterocycles. The van der Waals surface area contributed by atoms with Crippen molar-refractivity contribution in [2.24, 2.45) is 22.7 Å². The van der Waals surface area contributed by atoms with Gasteiger partial charge in [0.25, 0.3) is 0 Å². The first kappa shape index (κ1) is 13.6. The molecule has 0 aromatic carbocycles. The van der Waals surface area contributed by atoms with Crippen LogP contribution in [0.2, 0.25) is 0 Å². The van der Waals surface area contributed by atoms with Crippen molar-refractivity contribution in [1.82, 2.24) is 0 Å². The van der Waals surface area contributed by atoms with Crippen LogP contribution in [-0.2, 0) is 0 Å². The average Bonchev–Trinajstić information content (AvgIpc) is 2.08. The lowest BCUT2D eigenvalue weighted by molar-refractivity contribution is -0.297. The topological polar surface area (TPSA) is 0 Å². The standard InChI is InChI=1S/C13H16F6/c14-12(15,16)7-10-2-8-1-9(3-10)5-11(4-8,6-10)13(17,18)19/h8-9H,1-7H2. The van der Waals surface area contributed by atoms with E-state index in [1.165, 1.54) is 0 Å². The molecule has 4 bridgehead atoms. The Hall–Kier alpha value is -0.420. The van der Waals surface area contributed by atoms with E-state index in [4.69, 9.17) is 0 Å². The number of hydrogen-bond donors (Lipinski definition) is 0. The molecule has 4 aliphatic carbocycles. The third kappa shape index (κ3) is 2.15. The Morgan fingerprint density at radius 1 is 0.842 bits per heavy atom. The summed E-state index contributed by atoms with van der Waals surface area (Å²) in [5.41, 5.74) is -2.97. The number of alkyl halides is 6. The van der Waals surface area contributed by atoms with Gasteiger partial charge in [0.2, 0.25) is 0 Å². The molecule has 110 valence electrons. The summed E-state index contributed by atoms with van der Waals surface area (Å²) in [4.78, 5) is 0. The van der Waals surface area contributed by atoms with Crippen LogP contribution in [0.15, 0.2) is 0 Å². The Balaban J connectivity index is 1.93. The summed E-state index contributed by atoms with van der Waals surface area (Å²) in [5, 5.41) is 0. The molecule has 0 aromatic heterocycles. The molecule has 0 N–H and O–H groups in total. The van der Waals surface area contributed by atoms with Gasteiger partial charge < -0.3 is 0 Å². The maximum Gasteiger partial charge on any atom is 0.394 e. The molecular formula is C13H16F6. The van der Waals surface area contributed by atoms with E-state index in [0.717, 1.165) is 0 Å². The highest BCUT2D eigenvalue weighted by Crippen LogP contribution is 2.71. The highest BCUT2D eigenvalue weighted by molar-refractivity contribution is 5.10. The van der Waals surface area contributed by atoms with Gasteiger partial charge in [0.1, 0.15) is 0 Å². The Bertz CT molecular complexity index is 366. The van der Waals surface area contributed by atoms with Crippen LogP contribution < -0.4 is 0 Å². The van der Waals surface area contributed by atoms with Crippen molar-refractivity contribution in [2.45, 2.75) is 57.3 Å². The molecule has 0 saturated heterocycles. The summed E-state index contributed by atoms with van der Waals surface area (Å²) < 4.78 is 78.1. The van der Waals surface area contributed by atoms with E-state index in [1.807, 2.05) is 0 Å². The molecule has 0 aromatic rings. The van der Waals surface area contributed by atoms with Crippen molar-refractivity contribution in [2.75, 3.05) is 0 Å². The van der Waals surface area contributed by atoms with Crippen molar-refractivity contribution in [1.29, 1.82) is 0 Å². The van der Waals surface area contributed by atoms with Gasteiger partial charge in [-0.2, -0.15) is 26.3 Å². The van der Waals surface area contributed by atoms with Gasteiger partial charge in [-0.3, -0.25) is 0 Å². The van der Waals surface area contributed by atoms with Gasteiger partial charge in [-0.15, -0.1) is 0 Å². The monoisotopic (exact) mass is 286 g/mol. The third-order valence-electron chi connectivity index (χ3n) is 5.36. The molecule has 0 radical (unpaired) electrons. The largest absolute Gasteiger partial charge is 0.394 e. The molecule has 4 aliphatic rings. The Labute approximate surface area is 107 Å². The first-order valence-electron chi connectivity index (χ1n) is 6.66. The second-order valence-corrected chi connectivity index (χ2v) is 7.03. The Morgan fingerprint density at radius 3 is 1.79 bits per heavy atom. The summed E-state index contributed by atoms with van der Waals surface area (Å²) in [7, 11) is 0. The third-order valence-corrected chi connectivity index (χ3v) is 5.36. The van der Waals surface area contributed by atoms with Crippen LogP contribution >= 0.6 is 0 Å². The molecule has 2 atom stereocenters. The quantitative estimate of drug-likeness (QED) is 0.589. The zero-order valence-corrected chi connectivity index (χ0v) is 10.4. The van der Waals surface area contributed by atoms with Crippen molar-refractivity contribution < 1.29 is 26.3 Å². The smallest absolute Gasteiger partial charge is 0.171 e. The van der Waals surface area contributed by atoms with Crippen LogP contribution in [0.5, 0.6) is 0 Å². The number of hydrogen-bond acceptors (Lipinski definition) is 0. The lowest BCUT2D eigenvalue weighted by atomic mass is 9.43. The first-order valence-corrected chi connectivity index (χ1v) is 6.66. The number of halogens is 6. The second kappa shape index (κ2) is 3.61. The van der Waals surface area contributed by atoms with Crippen molar-refractivity contribution in [3.8, 4) is 0 Å². The summed E-state index contributed by atoms with van der Waals surface area (Å²) in [6.07, 6.45) is -8.61. The van der Waals surface area contributed by atoms with E-state index in [1.54, 1.807) is 0 Å². The van der Waals surface area contributed by atoms with Gasteiger partial charge in [0.05, 0.1) is 5.41 Å². The van der Waals surface area contributed by atoms with Gasteiger partial charge in [-0.1, -0.05) is 0 Å². The zero-order valence-electron chi connectivity index (χ0n) is 10.4. The molecule has 4 saturated carbocycles. The molecule has 0 amide bonds. The highest BCUT2D eigenvalue weighted by Gasteiger charge is 2.68. The summed E-state index contributed by atoms with van der Waals surface area (Å²) >= 11 is 0. The number of rotatable bonds is 1. The van der Waals surface area contributed by atoms with E-state index >= 15 is 0 Å². The minimum absolute atomic E-state index is 0.0482. The lowest BCUT2D eigenvalue weighted by Gasteiger charge is -2.62. The molecule has 0 spiro atoms. The second-order valence-electron chi connectivity index (χ2n) is 7.03. The van der Waals surface area contributed by atoms with Crippen LogP contribution in [-0.4, -0.2) is 12.4 Å².